The number of hydrazone groups is 1. The Morgan fingerprint density at radius 1 is 1.29 bits per heavy atom. The van der Waals surface area contributed by atoms with Gasteiger partial charge in [-0.2, -0.15) is 10.1 Å². The number of aromatic nitrogens is 4. The van der Waals surface area contributed by atoms with Crippen molar-refractivity contribution in [3.8, 4) is 11.4 Å². The quantitative estimate of drug-likeness (QED) is 0.238. The summed E-state index contributed by atoms with van der Waals surface area (Å²) >= 11 is 0. The number of nitrogens with zero attached hydrogens (tertiary/aromatic N) is 5. The van der Waals surface area contributed by atoms with Gasteiger partial charge in [0, 0.05) is 29.6 Å². The number of hydrazine groups is 1. The molecule has 4 rings (SSSR count). The zero-order chi connectivity index (χ0) is 21.8. The van der Waals surface area contributed by atoms with E-state index in [-0.39, 0.29) is 5.91 Å². The van der Waals surface area contributed by atoms with Crippen LogP contribution in [0, 0.1) is 6.92 Å². The number of hydrogen-bond donors (Lipinski definition) is 3. The van der Waals surface area contributed by atoms with Gasteiger partial charge in [-0.3, -0.25) is 9.20 Å². The first-order chi connectivity index (χ1) is 15.0. The molecular weight excluding hydrogens is 396 g/mol. The van der Waals surface area contributed by atoms with Gasteiger partial charge >= 0.3 is 0 Å². The highest BCUT2D eigenvalue weighted by Crippen LogP contribution is 2.24. The van der Waals surface area contributed by atoms with E-state index in [2.05, 4.69) is 31.1 Å². The summed E-state index contributed by atoms with van der Waals surface area (Å²) in [7, 11) is 0. The number of nitrogens with two attached hydrogens (primary N) is 1. The second-order valence-electron chi connectivity index (χ2n) is 7.04. The van der Waals surface area contributed by atoms with Crippen LogP contribution in [0.2, 0.25) is 0 Å². The van der Waals surface area contributed by atoms with E-state index in [1.54, 1.807) is 16.8 Å². The van der Waals surface area contributed by atoms with Gasteiger partial charge in [0.05, 0.1) is 6.20 Å². The second kappa shape index (κ2) is 8.76. The molecule has 0 unspecified atom stereocenters. The Bertz CT molecular complexity index is 1260. The van der Waals surface area contributed by atoms with Crippen LogP contribution in [0.5, 0.6) is 0 Å². The number of carbonyl (C=O) groups is 1. The molecule has 158 valence electrons. The maximum absolute atomic E-state index is 12.8. The molecule has 0 saturated carbocycles. The monoisotopic (exact) mass is 418 g/mol. The normalized spacial score (nSPS) is 11.6. The van der Waals surface area contributed by atoms with E-state index in [1.165, 1.54) is 0 Å². The summed E-state index contributed by atoms with van der Waals surface area (Å²) in [6.45, 7) is 3.78. The SMILES string of the molecule is C/C(CCc1nc(-c2ccc(C)c(NC(=O)c3cnc4ccccn34)c2)no1)=N\NN. The number of amides is 1. The standard InChI is InChI=1S/C21H22N8O2/c1-13-6-8-15(20-25-19(31-27-20)9-7-14(2)26-28-22)11-16(13)24-21(30)17-12-23-18-5-3-4-10-29(17)18/h3-6,8,10-12,28H,7,9,22H2,1-2H3,(H,24,30)/b26-14+. The van der Waals surface area contributed by atoms with Crippen molar-refractivity contribution in [2.75, 3.05) is 5.32 Å². The van der Waals surface area contributed by atoms with Crippen LogP contribution in [-0.4, -0.2) is 31.1 Å². The third-order valence-electron chi connectivity index (χ3n) is 4.82. The number of fused-ring (bicyclic) bond motifs is 1. The number of imidazole rings is 1. The van der Waals surface area contributed by atoms with Crippen LogP contribution >= 0.6 is 0 Å². The van der Waals surface area contributed by atoms with Gasteiger partial charge in [0.15, 0.2) is 0 Å². The number of anilines is 1. The first-order valence-electron chi connectivity index (χ1n) is 9.71. The van der Waals surface area contributed by atoms with Gasteiger partial charge in [-0.15, -0.1) is 0 Å². The minimum Gasteiger partial charge on any atom is -0.339 e. The highest BCUT2D eigenvalue weighted by atomic mass is 16.5. The molecule has 3 heterocycles. The fraction of sp³-hybridized carbons (Fsp3) is 0.190. The van der Waals surface area contributed by atoms with Crippen LogP contribution in [0.4, 0.5) is 5.69 Å². The van der Waals surface area contributed by atoms with Gasteiger partial charge in [0.1, 0.15) is 11.3 Å². The van der Waals surface area contributed by atoms with E-state index < -0.39 is 0 Å². The van der Waals surface area contributed by atoms with Gasteiger partial charge in [0.2, 0.25) is 11.7 Å². The summed E-state index contributed by atoms with van der Waals surface area (Å²) in [5.41, 5.74) is 6.57. The molecule has 3 aromatic heterocycles. The molecule has 10 nitrogen and oxygen atoms in total. The van der Waals surface area contributed by atoms with Gasteiger partial charge in [-0.1, -0.05) is 23.4 Å². The first kappa shape index (κ1) is 20.2. The molecule has 0 atom stereocenters. The highest BCUT2D eigenvalue weighted by Gasteiger charge is 2.15. The third kappa shape index (κ3) is 4.43. The molecule has 0 radical (unpaired) electrons. The zero-order valence-electron chi connectivity index (χ0n) is 17.2. The van der Waals surface area contributed by atoms with Crippen molar-refractivity contribution in [2.24, 2.45) is 10.9 Å². The number of carbonyl (C=O) groups excluding carboxylic acids is 1. The molecule has 4 aromatic rings. The minimum absolute atomic E-state index is 0.254. The van der Waals surface area contributed by atoms with E-state index in [0.29, 0.717) is 41.6 Å². The zero-order valence-corrected chi connectivity index (χ0v) is 17.2. The van der Waals surface area contributed by atoms with Crippen molar-refractivity contribution in [1.29, 1.82) is 0 Å². The number of aryl methyl sites for hydroxylation is 2. The molecular formula is C21H22N8O2. The van der Waals surface area contributed by atoms with E-state index in [9.17, 15) is 4.79 Å². The van der Waals surface area contributed by atoms with Crippen LogP contribution < -0.4 is 16.7 Å². The molecule has 4 N–H and O–H groups in total. The lowest BCUT2D eigenvalue weighted by Gasteiger charge is -2.09. The third-order valence-corrected chi connectivity index (χ3v) is 4.82. The van der Waals surface area contributed by atoms with Crippen LogP contribution in [0.25, 0.3) is 17.0 Å². The summed E-state index contributed by atoms with van der Waals surface area (Å²) in [5, 5.41) is 10.9. The topological polar surface area (TPSA) is 136 Å². The lowest BCUT2D eigenvalue weighted by Crippen LogP contribution is -2.16. The predicted octanol–water partition coefficient (Wildman–Crippen LogP) is 2.72. The fourth-order valence-corrected chi connectivity index (χ4v) is 3.11. The molecule has 1 amide bonds. The van der Waals surface area contributed by atoms with Crippen molar-refractivity contribution in [3.05, 3.63) is 65.9 Å². The Balaban J connectivity index is 1.52. The number of rotatable bonds is 7. The average molecular weight is 418 g/mol. The molecule has 0 aliphatic carbocycles. The molecule has 1 aromatic carbocycles. The van der Waals surface area contributed by atoms with Gasteiger partial charge < -0.3 is 9.84 Å². The van der Waals surface area contributed by atoms with Crippen molar-refractivity contribution in [3.63, 3.8) is 0 Å². The predicted molar refractivity (Wildman–Crippen MR) is 116 cm³/mol. The van der Waals surface area contributed by atoms with E-state index in [0.717, 1.165) is 16.8 Å². The van der Waals surface area contributed by atoms with Crippen LogP contribution in [0.1, 0.15) is 35.3 Å². The molecule has 0 aliphatic heterocycles. The summed E-state index contributed by atoms with van der Waals surface area (Å²) < 4.78 is 7.08. The smallest absolute Gasteiger partial charge is 0.274 e. The Morgan fingerprint density at radius 2 is 2.16 bits per heavy atom. The molecule has 0 aliphatic rings. The van der Waals surface area contributed by atoms with Crippen molar-refractivity contribution in [1.82, 2.24) is 25.1 Å². The Hall–Kier alpha value is -4.05. The summed E-state index contributed by atoms with van der Waals surface area (Å²) in [6, 6.07) is 11.2. The van der Waals surface area contributed by atoms with Gasteiger partial charge in [-0.25, -0.2) is 16.4 Å². The Labute approximate surface area is 178 Å². The van der Waals surface area contributed by atoms with E-state index >= 15 is 0 Å². The molecule has 0 saturated heterocycles. The molecule has 0 spiro atoms. The molecule has 10 heteroatoms. The van der Waals surface area contributed by atoms with Crippen LogP contribution in [-0.2, 0) is 6.42 Å². The fourth-order valence-electron chi connectivity index (χ4n) is 3.11. The maximum Gasteiger partial charge on any atom is 0.274 e. The van der Waals surface area contributed by atoms with Gasteiger partial charge in [-0.05, 0) is 44.0 Å². The van der Waals surface area contributed by atoms with Crippen molar-refractivity contribution in [2.45, 2.75) is 26.7 Å². The summed E-state index contributed by atoms with van der Waals surface area (Å²) in [4.78, 5) is 21.6. The molecule has 0 fully saturated rings. The van der Waals surface area contributed by atoms with Gasteiger partial charge in [0.25, 0.3) is 5.91 Å². The first-order valence-corrected chi connectivity index (χ1v) is 9.71. The largest absolute Gasteiger partial charge is 0.339 e. The van der Waals surface area contributed by atoms with Crippen molar-refractivity contribution >= 4 is 23.0 Å². The number of hydrogen-bond acceptors (Lipinski definition) is 8. The summed E-state index contributed by atoms with van der Waals surface area (Å²) in [6.07, 6.45) is 4.55. The Morgan fingerprint density at radius 3 is 3.00 bits per heavy atom. The molecule has 0 bridgehead atoms. The summed E-state index contributed by atoms with van der Waals surface area (Å²) in [5.74, 6) is 5.87. The maximum atomic E-state index is 12.8. The van der Waals surface area contributed by atoms with Crippen molar-refractivity contribution < 1.29 is 9.32 Å². The van der Waals surface area contributed by atoms with Crippen LogP contribution in [0.15, 0.2) is 58.4 Å². The van der Waals surface area contributed by atoms with E-state index in [4.69, 9.17) is 10.4 Å². The molecule has 31 heavy (non-hydrogen) atoms. The second-order valence-corrected chi connectivity index (χ2v) is 7.04. The lowest BCUT2D eigenvalue weighted by atomic mass is 10.1. The lowest BCUT2D eigenvalue weighted by molar-refractivity contribution is 0.102. The van der Waals surface area contributed by atoms with E-state index in [1.807, 2.05) is 50.2 Å². The van der Waals surface area contributed by atoms with Crippen LogP contribution in [0.3, 0.4) is 0 Å². The number of pyridine rings is 1. The minimum atomic E-state index is -0.254. The average Bonchev–Trinajstić information content (AvgIpc) is 3.41. The number of benzene rings is 1. The highest BCUT2D eigenvalue weighted by molar-refractivity contribution is 6.04. The Kier molecular flexibility index (Phi) is 5.72. The number of nitrogens with one attached hydrogen (secondary N) is 2.